The molecule has 0 saturated carbocycles. The second kappa shape index (κ2) is 6.36. The van der Waals surface area contributed by atoms with E-state index in [-0.39, 0.29) is 5.91 Å². The number of anilines is 1. The molecule has 98 valence electrons. The van der Waals surface area contributed by atoms with Crippen LogP contribution in [-0.4, -0.2) is 12.5 Å². The molecule has 0 heterocycles. The van der Waals surface area contributed by atoms with Gasteiger partial charge in [0.1, 0.15) is 0 Å². The Labute approximate surface area is 117 Å². The lowest BCUT2D eigenvalue weighted by Crippen LogP contribution is -2.16. The highest BCUT2D eigenvalue weighted by Crippen LogP contribution is 2.21. The number of rotatable bonds is 4. The average Bonchev–Trinajstić information content (AvgIpc) is 2.42. The third-order valence-electron chi connectivity index (χ3n) is 2.80. The predicted octanol–water partition coefficient (Wildman–Crippen LogP) is 3.09. The predicted molar refractivity (Wildman–Crippen MR) is 78.6 cm³/mol. The highest BCUT2D eigenvalue weighted by molar-refractivity contribution is 6.33. The van der Waals surface area contributed by atoms with Crippen LogP contribution in [0.25, 0.3) is 0 Å². The van der Waals surface area contributed by atoms with Crippen molar-refractivity contribution in [2.45, 2.75) is 6.42 Å². The summed E-state index contributed by atoms with van der Waals surface area (Å²) in [7, 11) is 0. The van der Waals surface area contributed by atoms with Gasteiger partial charge in [-0.1, -0.05) is 41.9 Å². The number of carbonyl (C=O) groups excluding carboxylic acids is 1. The van der Waals surface area contributed by atoms with Crippen LogP contribution in [0, 0.1) is 0 Å². The van der Waals surface area contributed by atoms with Crippen molar-refractivity contribution >= 4 is 23.2 Å². The fourth-order valence-corrected chi connectivity index (χ4v) is 2.05. The quantitative estimate of drug-likeness (QED) is 0.900. The van der Waals surface area contributed by atoms with Crippen molar-refractivity contribution in [3.63, 3.8) is 0 Å². The van der Waals surface area contributed by atoms with Crippen LogP contribution in [0.1, 0.15) is 15.9 Å². The molecule has 1 amide bonds. The third kappa shape index (κ3) is 3.34. The molecule has 0 bridgehead atoms. The molecule has 0 unspecified atom stereocenters. The molecule has 0 aliphatic heterocycles. The van der Waals surface area contributed by atoms with Gasteiger partial charge in [0.25, 0.3) is 5.91 Å². The summed E-state index contributed by atoms with van der Waals surface area (Å²) in [6.07, 6.45) is 0.673. The topological polar surface area (TPSA) is 55.1 Å². The first-order chi connectivity index (χ1) is 9.22. The van der Waals surface area contributed by atoms with Gasteiger partial charge in [-0.25, -0.2) is 0 Å². The maximum Gasteiger partial charge on any atom is 0.255 e. The maximum atomic E-state index is 12.3. The Hall–Kier alpha value is -1.84. The molecule has 0 atom stereocenters. The maximum absolute atomic E-state index is 12.3. The van der Waals surface area contributed by atoms with E-state index in [1.807, 2.05) is 30.3 Å². The molecule has 0 aliphatic carbocycles. The summed E-state index contributed by atoms with van der Waals surface area (Å²) in [4.78, 5) is 12.3. The number of halogens is 1. The van der Waals surface area contributed by atoms with Gasteiger partial charge in [0.15, 0.2) is 0 Å². The summed E-state index contributed by atoms with van der Waals surface area (Å²) in [6, 6.07) is 14.6. The Morgan fingerprint density at radius 1 is 1.11 bits per heavy atom. The zero-order chi connectivity index (χ0) is 13.7. The van der Waals surface area contributed by atoms with Gasteiger partial charge in [-0.3, -0.25) is 4.79 Å². The SMILES string of the molecule is NCCc1ccccc1C(=O)Nc1ccccc1Cl. The summed E-state index contributed by atoms with van der Waals surface area (Å²) >= 11 is 6.02. The van der Waals surface area contributed by atoms with Crippen LogP contribution in [0.4, 0.5) is 5.69 Å². The Morgan fingerprint density at radius 3 is 2.53 bits per heavy atom. The number of para-hydroxylation sites is 1. The van der Waals surface area contributed by atoms with Crippen LogP contribution in [0.5, 0.6) is 0 Å². The molecule has 0 aliphatic rings. The Morgan fingerprint density at radius 2 is 1.79 bits per heavy atom. The van der Waals surface area contributed by atoms with E-state index >= 15 is 0 Å². The lowest BCUT2D eigenvalue weighted by molar-refractivity contribution is 0.102. The van der Waals surface area contributed by atoms with Crippen LogP contribution in [-0.2, 0) is 6.42 Å². The average molecular weight is 275 g/mol. The van der Waals surface area contributed by atoms with E-state index in [1.54, 1.807) is 18.2 Å². The summed E-state index contributed by atoms with van der Waals surface area (Å²) in [5.41, 5.74) is 7.73. The van der Waals surface area contributed by atoms with E-state index in [4.69, 9.17) is 17.3 Å². The van der Waals surface area contributed by atoms with E-state index in [1.165, 1.54) is 0 Å². The smallest absolute Gasteiger partial charge is 0.255 e. The first-order valence-corrected chi connectivity index (χ1v) is 6.44. The number of benzene rings is 2. The highest BCUT2D eigenvalue weighted by Gasteiger charge is 2.11. The summed E-state index contributed by atoms with van der Waals surface area (Å²) in [6.45, 7) is 0.510. The van der Waals surface area contributed by atoms with Crippen LogP contribution in [0.2, 0.25) is 5.02 Å². The van der Waals surface area contributed by atoms with E-state index in [0.717, 1.165) is 5.56 Å². The van der Waals surface area contributed by atoms with E-state index in [0.29, 0.717) is 29.2 Å². The molecule has 4 heteroatoms. The summed E-state index contributed by atoms with van der Waals surface area (Å²) in [5.74, 6) is -0.169. The first-order valence-electron chi connectivity index (χ1n) is 6.06. The molecule has 0 fully saturated rings. The molecule has 0 saturated heterocycles. The number of amides is 1. The van der Waals surface area contributed by atoms with E-state index < -0.39 is 0 Å². The summed E-state index contributed by atoms with van der Waals surface area (Å²) in [5, 5.41) is 3.33. The number of nitrogens with two attached hydrogens (primary N) is 1. The van der Waals surface area contributed by atoms with Crippen molar-refractivity contribution in [3.05, 3.63) is 64.7 Å². The van der Waals surface area contributed by atoms with E-state index in [9.17, 15) is 4.79 Å². The molecule has 19 heavy (non-hydrogen) atoms. The first kappa shape index (κ1) is 13.6. The molecule has 2 aromatic rings. The molecule has 2 rings (SSSR count). The lowest BCUT2D eigenvalue weighted by atomic mass is 10.0. The van der Waals surface area contributed by atoms with Gasteiger partial charge in [-0.05, 0) is 36.7 Å². The zero-order valence-electron chi connectivity index (χ0n) is 10.4. The minimum absolute atomic E-state index is 0.169. The van der Waals surface area contributed by atoms with Gasteiger partial charge >= 0.3 is 0 Å². The largest absolute Gasteiger partial charge is 0.330 e. The van der Waals surface area contributed by atoms with Crippen LogP contribution in [0.3, 0.4) is 0 Å². The van der Waals surface area contributed by atoms with Gasteiger partial charge in [0.05, 0.1) is 10.7 Å². The molecule has 2 aromatic carbocycles. The molecular formula is C15H15ClN2O. The Bertz CT molecular complexity index is 584. The second-order valence-electron chi connectivity index (χ2n) is 4.13. The van der Waals surface area contributed by atoms with Crippen molar-refractivity contribution in [1.29, 1.82) is 0 Å². The monoisotopic (exact) mass is 274 g/mol. The fourth-order valence-electron chi connectivity index (χ4n) is 1.87. The third-order valence-corrected chi connectivity index (χ3v) is 3.13. The Kier molecular flexibility index (Phi) is 4.55. The minimum atomic E-state index is -0.169. The van der Waals surface area contributed by atoms with Crippen LogP contribution in [0.15, 0.2) is 48.5 Å². The van der Waals surface area contributed by atoms with Crippen LogP contribution < -0.4 is 11.1 Å². The van der Waals surface area contributed by atoms with Gasteiger partial charge in [-0.15, -0.1) is 0 Å². The number of carbonyl (C=O) groups is 1. The molecule has 0 radical (unpaired) electrons. The standard InChI is InChI=1S/C15H15ClN2O/c16-13-7-3-4-8-14(13)18-15(19)12-6-2-1-5-11(12)9-10-17/h1-8H,9-10,17H2,(H,18,19). The van der Waals surface area contributed by atoms with Gasteiger partial charge in [0.2, 0.25) is 0 Å². The number of hydrogen-bond acceptors (Lipinski definition) is 2. The van der Waals surface area contributed by atoms with Gasteiger partial charge in [0, 0.05) is 5.56 Å². The normalized spacial score (nSPS) is 10.2. The zero-order valence-corrected chi connectivity index (χ0v) is 11.2. The second-order valence-corrected chi connectivity index (χ2v) is 4.54. The molecule has 0 aromatic heterocycles. The van der Waals surface area contributed by atoms with Gasteiger partial charge < -0.3 is 11.1 Å². The molecule has 3 N–H and O–H groups in total. The van der Waals surface area contributed by atoms with Crippen molar-refractivity contribution in [2.24, 2.45) is 5.73 Å². The summed E-state index contributed by atoms with van der Waals surface area (Å²) < 4.78 is 0. The van der Waals surface area contributed by atoms with Crippen molar-refractivity contribution in [1.82, 2.24) is 0 Å². The van der Waals surface area contributed by atoms with Gasteiger partial charge in [-0.2, -0.15) is 0 Å². The minimum Gasteiger partial charge on any atom is -0.330 e. The van der Waals surface area contributed by atoms with Crippen molar-refractivity contribution < 1.29 is 4.79 Å². The van der Waals surface area contributed by atoms with Crippen molar-refractivity contribution in [2.75, 3.05) is 11.9 Å². The molecule has 3 nitrogen and oxygen atoms in total. The Balaban J connectivity index is 2.23. The van der Waals surface area contributed by atoms with Crippen LogP contribution >= 0.6 is 11.6 Å². The van der Waals surface area contributed by atoms with Crippen molar-refractivity contribution in [3.8, 4) is 0 Å². The highest BCUT2D eigenvalue weighted by atomic mass is 35.5. The number of nitrogens with one attached hydrogen (secondary N) is 1. The molecular weight excluding hydrogens is 260 g/mol. The fraction of sp³-hybridized carbons (Fsp3) is 0.133. The lowest BCUT2D eigenvalue weighted by Gasteiger charge is -2.10. The van der Waals surface area contributed by atoms with E-state index in [2.05, 4.69) is 5.32 Å². The number of hydrogen-bond donors (Lipinski definition) is 2. The molecule has 0 spiro atoms.